The van der Waals surface area contributed by atoms with Crippen LogP contribution in [0, 0.1) is 6.92 Å². The molecule has 0 aliphatic carbocycles. The van der Waals surface area contributed by atoms with Gasteiger partial charge in [0.1, 0.15) is 11.3 Å². The van der Waals surface area contributed by atoms with Gasteiger partial charge in [0.05, 0.1) is 6.04 Å². The van der Waals surface area contributed by atoms with E-state index in [-0.39, 0.29) is 6.04 Å². The van der Waals surface area contributed by atoms with Gasteiger partial charge in [-0.05, 0) is 30.7 Å². The zero-order chi connectivity index (χ0) is 13.4. The Morgan fingerprint density at radius 3 is 2.79 bits per heavy atom. The molecule has 1 atom stereocenters. The monoisotopic (exact) mass is 272 g/mol. The van der Waals surface area contributed by atoms with Crippen LogP contribution in [0.4, 0.5) is 0 Å². The molecule has 0 spiro atoms. The molecule has 19 heavy (non-hydrogen) atoms. The van der Waals surface area contributed by atoms with Gasteiger partial charge in [-0.15, -0.1) is 0 Å². The van der Waals surface area contributed by atoms with Gasteiger partial charge >= 0.3 is 0 Å². The summed E-state index contributed by atoms with van der Waals surface area (Å²) in [5.74, 6) is 0.668. The van der Waals surface area contributed by atoms with Crippen molar-refractivity contribution < 1.29 is 4.42 Å². The van der Waals surface area contributed by atoms with Crippen molar-refractivity contribution in [1.82, 2.24) is 4.98 Å². The van der Waals surface area contributed by atoms with Gasteiger partial charge in [0.15, 0.2) is 5.58 Å². The summed E-state index contributed by atoms with van der Waals surface area (Å²) < 4.78 is 5.75. The molecule has 0 aliphatic heterocycles. The Morgan fingerprint density at radius 1 is 1.21 bits per heavy atom. The Hall–Kier alpha value is -1.84. The van der Waals surface area contributed by atoms with E-state index in [1.807, 2.05) is 49.4 Å². The Labute approximate surface area is 116 Å². The van der Waals surface area contributed by atoms with Crippen molar-refractivity contribution in [1.29, 1.82) is 0 Å². The highest BCUT2D eigenvalue weighted by Gasteiger charge is 2.17. The number of nitrogens with zero attached hydrogens (tertiary/aromatic N) is 1. The van der Waals surface area contributed by atoms with Crippen LogP contribution < -0.4 is 5.73 Å². The molecule has 0 radical (unpaired) electrons. The van der Waals surface area contributed by atoms with Crippen LogP contribution in [0.25, 0.3) is 11.1 Å². The molecule has 0 bridgehead atoms. The van der Waals surface area contributed by atoms with Gasteiger partial charge in [-0.25, -0.2) is 4.98 Å². The van der Waals surface area contributed by atoms with Crippen molar-refractivity contribution in [2.45, 2.75) is 13.0 Å². The lowest BCUT2D eigenvalue weighted by atomic mass is 10.1. The second-order valence-corrected chi connectivity index (χ2v) is 4.89. The molecule has 1 aromatic carbocycles. The van der Waals surface area contributed by atoms with E-state index in [2.05, 4.69) is 4.98 Å². The number of nitrogens with two attached hydrogens (primary N) is 1. The van der Waals surface area contributed by atoms with Crippen LogP contribution in [0.3, 0.4) is 0 Å². The lowest BCUT2D eigenvalue weighted by molar-refractivity contribution is 0.525. The summed E-state index contributed by atoms with van der Waals surface area (Å²) >= 11 is 6.16. The number of aryl methyl sites for hydroxylation is 1. The maximum Gasteiger partial charge on any atom is 0.152 e. The number of hydrogen-bond acceptors (Lipinski definition) is 3. The zero-order valence-corrected chi connectivity index (χ0v) is 11.2. The van der Waals surface area contributed by atoms with Crippen LogP contribution in [0.1, 0.15) is 23.1 Å². The maximum atomic E-state index is 6.21. The SMILES string of the molecule is Cc1ccc2oc(C(N)c3ccccc3Cl)cc2n1. The van der Waals surface area contributed by atoms with Crippen LogP contribution in [-0.4, -0.2) is 4.98 Å². The van der Waals surface area contributed by atoms with Crippen molar-refractivity contribution in [2.75, 3.05) is 0 Å². The first-order valence-electron chi connectivity index (χ1n) is 6.02. The highest BCUT2D eigenvalue weighted by atomic mass is 35.5. The predicted molar refractivity (Wildman–Crippen MR) is 76.2 cm³/mol. The van der Waals surface area contributed by atoms with E-state index in [1.165, 1.54) is 0 Å². The van der Waals surface area contributed by atoms with E-state index < -0.39 is 0 Å². The molecule has 0 saturated carbocycles. The van der Waals surface area contributed by atoms with Crippen LogP contribution in [0.5, 0.6) is 0 Å². The smallest absolute Gasteiger partial charge is 0.152 e. The molecule has 1 unspecified atom stereocenters. The van der Waals surface area contributed by atoms with Crippen molar-refractivity contribution in [3.05, 3.63) is 64.5 Å². The zero-order valence-electron chi connectivity index (χ0n) is 10.4. The first kappa shape index (κ1) is 12.2. The summed E-state index contributed by atoms with van der Waals surface area (Å²) in [4.78, 5) is 4.41. The summed E-state index contributed by atoms with van der Waals surface area (Å²) in [5, 5.41) is 0.639. The fraction of sp³-hybridized carbons (Fsp3) is 0.133. The normalized spacial score (nSPS) is 12.8. The largest absolute Gasteiger partial charge is 0.457 e. The van der Waals surface area contributed by atoms with Crippen LogP contribution in [0.15, 0.2) is 46.9 Å². The summed E-state index contributed by atoms with van der Waals surface area (Å²) in [7, 11) is 0. The topological polar surface area (TPSA) is 52.0 Å². The number of furan rings is 1. The van der Waals surface area contributed by atoms with Crippen molar-refractivity contribution in [3.63, 3.8) is 0 Å². The third-order valence-corrected chi connectivity index (χ3v) is 3.42. The second kappa shape index (κ2) is 4.68. The molecule has 3 aromatic rings. The quantitative estimate of drug-likeness (QED) is 0.771. The molecule has 0 aliphatic rings. The molecule has 0 fully saturated rings. The van der Waals surface area contributed by atoms with E-state index in [0.29, 0.717) is 10.8 Å². The first-order valence-corrected chi connectivity index (χ1v) is 6.40. The molecule has 2 N–H and O–H groups in total. The minimum Gasteiger partial charge on any atom is -0.457 e. The van der Waals surface area contributed by atoms with E-state index in [9.17, 15) is 0 Å². The number of fused-ring (bicyclic) bond motifs is 1. The number of aromatic nitrogens is 1. The highest BCUT2D eigenvalue weighted by Crippen LogP contribution is 2.29. The Morgan fingerprint density at radius 2 is 2.00 bits per heavy atom. The highest BCUT2D eigenvalue weighted by molar-refractivity contribution is 6.31. The van der Waals surface area contributed by atoms with Crippen LogP contribution in [-0.2, 0) is 0 Å². The predicted octanol–water partition coefficient (Wildman–Crippen LogP) is 3.84. The molecular weight excluding hydrogens is 260 g/mol. The van der Waals surface area contributed by atoms with Gasteiger partial charge in [0.25, 0.3) is 0 Å². The summed E-state index contributed by atoms with van der Waals surface area (Å²) in [5.41, 5.74) is 9.57. The van der Waals surface area contributed by atoms with Crippen molar-refractivity contribution in [2.24, 2.45) is 5.73 Å². The molecule has 0 saturated heterocycles. The molecule has 4 heteroatoms. The number of halogens is 1. The maximum absolute atomic E-state index is 6.21. The Kier molecular flexibility index (Phi) is 3.01. The fourth-order valence-electron chi connectivity index (χ4n) is 2.08. The molecule has 2 aromatic heterocycles. The van der Waals surface area contributed by atoms with Crippen molar-refractivity contribution >= 4 is 22.7 Å². The van der Waals surface area contributed by atoms with E-state index >= 15 is 0 Å². The Bertz CT molecular complexity index is 736. The lowest BCUT2D eigenvalue weighted by Crippen LogP contribution is -2.11. The van der Waals surface area contributed by atoms with Gasteiger partial charge < -0.3 is 10.2 Å². The van der Waals surface area contributed by atoms with Crippen molar-refractivity contribution in [3.8, 4) is 0 Å². The van der Waals surface area contributed by atoms with E-state index in [4.69, 9.17) is 21.8 Å². The number of hydrogen-bond donors (Lipinski definition) is 1. The molecule has 96 valence electrons. The minimum absolute atomic E-state index is 0.386. The third-order valence-electron chi connectivity index (χ3n) is 3.08. The standard InChI is InChI=1S/C15H13ClN2O/c1-9-6-7-13-12(18-9)8-14(19-13)15(17)10-4-2-3-5-11(10)16/h2-8,15H,17H2,1H3. The second-order valence-electron chi connectivity index (χ2n) is 4.48. The van der Waals surface area contributed by atoms with Gasteiger partial charge in [0, 0.05) is 16.8 Å². The molecule has 3 rings (SSSR count). The summed E-state index contributed by atoms with van der Waals surface area (Å²) in [6.07, 6.45) is 0. The number of benzene rings is 1. The summed E-state index contributed by atoms with van der Waals surface area (Å²) in [6.45, 7) is 1.94. The van der Waals surface area contributed by atoms with E-state index in [0.717, 1.165) is 22.4 Å². The Balaban J connectivity index is 2.07. The minimum atomic E-state index is -0.386. The van der Waals surface area contributed by atoms with Gasteiger partial charge in [0.2, 0.25) is 0 Å². The summed E-state index contributed by atoms with van der Waals surface area (Å²) in [6, 6.07) is 12.8. The first-order chi connectivity index (χ1) is 9.15. The molecular formula is C15H13ClN2O. The third kappa shape index (κ3) is 2.23. The average Bonchev–Trinajstić information content (AvgIpc) is 2.81. The van der Waals surface area contributed by atoms with Gasteiger partial charge in [-0.3, -0.25) is 0 Å². The number of rotatable bonds is 2. The fourth-order valence-corrected chi connectivity index (χ4v) is 2.33. The van der Waals surface area contributed by atoms with Gasteiger partial charge in [-0.1, -0.05) is 29.8 Å². The molecule has 2 heterocycles. The van der Waals surface area contributed by atoms with Gasteiger partial charge in [-0.2, -0.15) is 0 Å². The lowest BCUT2D eigenvalue weighted by Gasteiger charge is -2.10. The van der Waals surface area contributed by atoms with E-state index in [1.54, 1.807) is 0 Å². The molecule has 3 nitrogen and oxygen atoms in total. The number of pyridine rings is 1. The molecule has 0 amide bonds. The average molecular weight is 273 g/mol. The van der Waals surface area contributed by atoms with Crippen LogP contribution in [0.2, 0.25) is 5.02 Å². The van der Waals surface area contributed by atoms with Crippen LogP contribution >= 0.6 is 11.6 Å².